The van der Waals surface area contributed by atoms with Crippen LogP contribution >= 0.6 is 0 Å². The van der Waals surface area contributed by atoms with Gasteiger partial charge in [0.25, 0.3) is 11.8 Å². The van der Waals surface area contributed by atoms with E-state index in [-0.39, 0.29) is 17.8 Å². The van der Waals surface area contributed by atoms with Crippen LogP contribution < -0.4 is 5.32 Å². The molecule has 0 bridgehead atoms. The number of amides is 1. The molecule has 3 heterocycles. The minimum atomic E-state index is -0.374. The molecular weight excluding hydrogens is 262 g/mol. The summed E-state index contributed by atoms with van der Waals surface area (Å²) in [6, 6.07) is 3.34. The highest BCUT2D eigenvalue weighted by atomic mass is 16.4. The van der Waals surface area contributed by atoms with Crippen LogP contribution in [-0.2, 0) is 14.1 Å². The molecule has 0 aromatic carbocycles. The molecule has 0 aliphatic carbocycles. The first-order valence-corrected chi connectivity index (χ1v) is 5.76. The van der Waals surface area contributed by atoms with Crippen molar-refractivity contribution in [1.82, 2.24) is 29.8 Å². The van der Waals surface area contributed by atoms with E-state index < -0.39 is 0 Å². The normalized spacial score (nSPS) is 10.7. The highest BCUT2D eigenvalue weighted by molar-refractivity contribution is 6.01. The molecule has 0 saturated carbocycles. The molecular formula is C11H11N7O2. The van der Waals surface area contributed by atoms with Gasteiger partial charge in [-0.15, -0.1) is 5.10 Å². The Balaban J connectivity index is 1.78. The summed E-state index contributed by atoms with van der Waals surface area (Å²) < 4.78 is 8.40. The van der Waals surface area contributed by atoms with Crippen LogP contribution in [0.2, 0.25) is 0 Å². The van der Waals surface area contributed by atoms with Gasteiger partial charge in [0.1, 0.15) is 11.4 Å². The van der Waals surface area contributed by atoms with Gasteiger partial charge in [-0.05, 0) is 12.1 Å². The second kappa shape index (κ2) is 4.61. The highest BCUT2D eigenvalue weighted by Crippen LogP contribution is 2.17. The summed E-state index contributed by atoms with van der Waals surface area (Å²) in [5.74, 6) is -0.132. The molecule has 9 nitrogen and oxygen atoms in total. The predicted molar refractivity (Wildman–Crippen MR) is 67.7 cm³/mol. The number of hydrogen-bond donors (Lipinski definition) is 1. The monoisotopic (exact) mass is 273 g/mol. The number of carbonyl (C=O) groups excluding carboxylic acids is 1. The molecule has 0 unspecified atom stereocenters. The van der Waals surface area contributed by atoms with Crippen LogP contribution in [0.5, 0.6) is 0 Å². The van der Waals surface area contributed by atoms with E-state index in [0.29, 0.717) is 11.4 Å². The molecule has 0 atom stereocenters. The Bertz CT molecular complexity index is 754. The van der Waals surface area contributed by atoms with Gasteiger partial charge < -0.3 is 4.42 Å². The number of aryl methyl sites for hydroxylation is 2. The van der Waals surface area contributed by atoms with Crippen LogP contribution in [0.25, 0.3) is 11.6 Å². The van der Waals surface area contributed by atoms with Gasteiger partial charge in [-0.25, -0.2) is 0 Å². The summed E-state index contributed by atoms with van der Waals surface area (Å²) in [5.41, 5.74) is 0.934. The molecule has 0 radical (unpaired) electrons. The topological polar surface area (TPSA) is 104 Å². The van der Waals surface area contributed by atoms with E-state index in [2.05, 4.69) is 25.7 Å². The first-order valence-electron chi connectivity index (χ1n) is 5.76. The van der Waals surface area contributed by atoms with E-state index >= 15 is 0 Å². The average Bonchev–Trinajstić information content (AvgIpc) is 3.10. The van der Waals surface area contributed by atoms with Crippen molar-refractivity contribution in [2.45, 2.75) is 0 Å². The third-order valence-corrected chi connectivity index (χ3v) is 2.63. The van der Waals surface area contributed by atoms with Crippen LogP contribution in [0.15, 0.2) is 28.9 Å². The summed E-state index contributed by atoms with van der Waals surface area (Å²) in [6.07, 6.45) is 3.29. The lowest BCUT2D eigenvalue weighted by atomic mass is 10.4. The molecule has 1 N–H and O–H groups in total. The van der Waals surface area contributed by atoms with E-state index in [9.17, 15) is 4.79 Å². The van der Waals surface area contributed by atoms with Crippen molar-refractivity contribution in [3.63, 3.8) is 0 Å². The molecule has 20 heavy (non-hydrogen) atoms. The number of carbonyl (C=O) groups is 1. The van der Waals surface area contributed by atoms with Crippen LogP contribution in [0, 0.1) is 0 Å². The fourth-order valence-electron chi connectivity index (χ4n) is 1.66. The number of hydrogen-bond acceptors (Lipinski definition) is 6. The Morgan fingerprint density at radius 1 is 1.30 bits per heavy atom. The van der Waals surface area contributed by atoms with Crippen molar-refractivity contribution in [2.24, 2.45) is 14.1 Å². The Morgan fingerprint density at radius 2 is 2.15 bits per heavy atom. The number of aromatic nitrogens is 6. The van der Waals surface area contributed by atoms with Gasteiger partial charge in [0, 0.05) is 26.5 Å². The summed E-state index contributed by atoms with van der Waals surface area (Å²) in [4.78, 5) is 11.9. The number of anilines is 1. The minimum absolute atomic E-state index is 0.0110. The first kappa shape index (κ1) is 12.1. The molecule has 0 aliphatic rings. The summed E-state index contributed by atoms with van der Waals surface area (Å²) >= 11 is 0. The molecule has 1 amide bonds. The second-order valence-electron chi connectivity index (χ2n) is 4.08. The zero-order chi connectivity index (χ0) is 14.1. The molecule has 3 aromatic rings. The van der Waals surface area contributed by atoms with Crippen LogP contribution in [0.1, 0.15) is 10.5 Å². The maximum atomic E-state index is 11.9. The Kier molecular flexibility index (Phi) is 2.78. The molecule has 0 spiro atoms. The largest absolute Gasteiger partial charge is 0.401 e. The third kappa shape index (κ3) is 2.16. The van der Waals surface area contributed by atoms with Gasteiger partial charge >= 0.3 is 6.01 Å². The van der Waals surface area contributed by atoms with E-state index in [1.807, 2.05) is 0 Å². The van der Waals surface area contributed by atoms with Crippen molar-refractivity contribution < 1.29 is 9.21 Å². The van der Waals surface area contributed by atoms with Gasteiger partial charge in [-0.3, -0.25) is 19.5 Å². The quantitative estimate of drug-likeness (QED) is 0.743. The smallest absolute Gasteiger partial charge is 0.322 e. The van der Waals surface area contributed by atoms with Crippen molar-refractivity contribution in [2.75, 3.05) is 5.32 Å². The van der Waals surface area contributed by atoms with Crippen LogP contribution in [0.4, 0.5) is 6.01 Å². The summed E-state index contributed by atoms with van der Waals surface area (Å²) in [6.45, 7) is 0. The van der Waals surface area contributed by atoms with Crippen molar-refractivity contribution in [3.8, 4) is 11.6 Å². The lowest BCUT2D eigenvalue weighted by Crippen LogP contribution is -2.16. The first-order chi connectivity index (χ1) is 9.63. The Morgan fingerprint density at radius 3 is 2.80 bits per heavy atom. The van der Waals surface area contributed by atoms with Gasteiger partial charge in [0.15, 0.2) is 0 Å². The molecule has 0 aliphatic heterocycles. The fraction of sp³-hybridized carbons (Fsp3) is 0.182. The van der Waals surface area contributed by atoms with E-state index in [1.165, 1.54) is 10.9 Å². The van der Waals surface area contributed by atoms with Crippen LogP contribution in [-0.4, -0.2) is 35.7 Å². The standard InChI is InChI=1S/C11H11N7O2/c1-17-6-4-7(16-17)10-14-15-11(20-10)13-9(19)8-3-5-12-18(8)2/h3-6H,1-2H3,(H,13,15,19). The fourth-order valence-corrected chi connectivity index (χ4v) is 1.66. The second-order valence-corrected chi connectivity index (χ2v) is 4.08. The SMILES string of the molecule is Cn1ccc(-c2nnc(NC(=O)c3ccnn3C)o2)n1. The predicted octanol–water partition coefficient (Wildman–Crippen LogP) is 0.456. The van der Waals surface area contributed by atoms with E-state index in [1.54, 1.807) is 37.1 Å². The molecule has 3 aromatic heterocycles. The number of nitrogens with zero attached hydrogens (tertiary/aromatic N) is 6. The zero-order valence-electron chi connectivity index (χ0n) is 10.8. The minimum Gasteiger partial charge on any atom is -0.401 e. The van der Waals surface area contributed by atoms with Gasteiger partial charge in [0.05, 0.1) is 0 Å². The molecule has 9 heteroatoms. The van der Waals surface area contributed by atoms with Gasteiger partial charge in [0.2, 0.25) is 0 Å². The molecule has 3 rings (SSSR count). The maximum absolute atomic E-state index is 11.9. The molecule has 102 valence electrons. The average molecular weight is 273 g/mol. The van der Waals surface area contributed by atoms with E-state index in [0.717, 1.165) is 0 Å². The molecule has 0 saturated heterocycles. The highest BCUT2D eigenvalue weighted by Gasteiger charge is 2.15. The van der Waals surface area contributed by atoms with E-state index in [4.69, 9.17) is 4.42 Å². The van der Waals surface area contributed by atoms with Crippen molar-refractivity contribution in [3.05, 3.63) is 30.2 Å². The Labute approximate surface area is 113 Å². The van der Waals surface area contributed by atoms with Crippen molar-refractivity contribution in [1.29, 1.82) is 0 Å². The summed E-state index contributed by atoms with van der Waals surface area (Å²) in [7, 11) is 3.45. The van der Waals surface area contributed by atoms with Gasteiger partial charge in [-0.1, -0.05) is 5.10 Å². The van der Waals surface area contributed by atoms with Crippen molar-refractivity contribution >= 4 is 11.9 Å². The van der Waals surface area contributed by atoms with Gasteiger partial charge in [-0.2, -0.15) is 10.2 Å². The maximum Gasteiger partial charge on any atom is 0.322 e. The zero-order valence-corrected chi connectivity index (χ0v) is 10.8. The molecule has 0 fully saturated rings. The third-order valence-electron chi connectivity index (χ3n) is 2.63. The lowest BCUT2D eigenvalue weighted by molar-refractivity contribution is 0.101. The number of nitrogens with one attached hydrogen (secondary N) is 1. The lowest BCUT2D eigenvalue weighted by Gasteiger charge is -1.99. The number of rotatable bonds is 3. The van der Waals surface area contributed by atoms with Crippen LogP contribution in [0.3, 0.4) is 0 Å². The summed E-state index contributed by atoms with van der Waals surface area (Å²) in [5, 5.41) is 18.1. The Hall–Kier alpha value is -2.97.